The minimum absolute atomic E-state index is 0.0511. The molecule has 1 aromatic heterocycles. The maximum Gasteiger partial charge on any atom is 0.237 e. The van der Waals surface area contributed by atoms with E-state index < -0.39 is 0 Å². The summed E-state index contributed by atoms with van der Waals surface area (Å²) < 4.78 is 0.759. The quantitative estimate of drug-likeness (QED) is 0.550. The fraction of sp³-hybridized carbons (Fsp3) is 0.250. The van der Waals surface area contributed by atoms with Crippen LogP contribution in [0.4, 0.5) is 16.5 Å². The monoisotopic (exact) mass is 398 g/mol. The summed E-state index contributed by atoms with van der Waals surface area (Å²) in [5.41, 5.74) is 5.35. The Morgan fingerprint density at radius 1 is 1.11 bits per heavy atom. The van der Waals surface area contributed by atoms with E-state index >= 15 is 0 Å². The zero-order valence-electron chi connectivity index (χ0n) is 15.7. The van der Waals surface area contributed by atoms with E-state index in [-0.39, 0.29) is 11.2 Å². The van der Waals surface area contributed by atoms with E-state index in [2.05, 4.69) is 40.7 Å². The van der Waals surface area contributed by atoms with Gasteiger partial charge in [0.1, 0.15) is 0 Å². The van der Waals surface area contributed by atoms with E-state index in [0.717, 1.165) is 26.4 Å². The molecule has 0 saturated carbocycles. The molecule has 5 nitrogen and oxygen atoms in total. The Kier molecular flexibility index (Phi) is 6.13. The van der Waals surface area contributed by atoms with Crippen molar-refractivity contribution >= 4 is 45.5 Å². The predicted octanol–water partition coefficient (Wildman–Crippen LogP) is 5.33. The summed E-state index contributed by atoms with van der Waals surface area (Å²) in [7, 11) is 0. The Bertz CT molecular complexity index is 955. The van der Waals surface area contributed by atoms with Crippen molar-refractivity contribution in [3.8, 4) is 0 Å². The lowest BCUT2D eigenvalue weighted by Gasteiger charge is -2.10. The van der Waals surface area contributed by atoms with Crippen LogP contribution in [0.3, 0.4) is 0 Å². The van der Waals surface area contributed by atoms with Crippen LogP contribution in [0.2, 0.25) is 0 Å². The van der Waals surface area contributed by atoms with Crippen LogP contribution in [0.1, 0.15) is 23.6 Å². The molecule has 2 aromatic carbocycles. The largest absolute Gasteiger partial charge is 0.330 e. The SMILES string of the molecule is Cc1cccc(NC(=O)[C@H](C)Sc2nnc(Nc3cccc(C)c3C)s2)c1. The van der Waals surface area contributed by atoms with Gasteiger partial charge in [-0.25, -0.2) is 0 Å². The van der Waals surface area contributed by atoms with Gasteiger partial charge in [-0.1, -0.05) is 47.4 Å². The molecule has 0 aliphatic rings. The van der Waals surface area contributed by atoms with Crippen LogP contribution < -0.4 is 10.6 Å². The molecule has 0 fully saturated rings. The van der Waals surface area contributed by atoms with E-state index in [9.17, 15) is 4.79 Å². The molecule has 0 spiro atoms. The number of nitrogens with zero attached hydrogens (tertiary/aromatic N) is 2. The van der Waals surface area contributed by atoms with Gasteiger partial charge in [0.15, 0.2) is 4.34 Å². The number of thioether (sulfide) groups is 1. The standard InChI is InChI=1S/C20H22N4OS2/c1-12-7-5-9-16(11-12)21-18(25)15(4)26-20-24-23-19(27-20)22-17-10-6-8-13(2)14(17)3/h5-11,15H,1-4H3,(H,21,25)(H,22,23)/t15-/m0/s1. The Morgan fingerprint density at radius 2 is 1.89 bits per heavy atom. The maximum atomic E-state index is 12.4. The molecular weight excluding hydrogens is 376 g/mol. The molecule has 0 aliphatic carbocycles. The van der Waals surface area contributed by atoms with E-state index in [1.165, 1.54) is 34.2 Å². The number of aryl methyl sites for hydroxylation is 2. The van der Waals surface area contributed by atoms with Crippen LogP contribution >= 0.6 is 23.1 Å². The number of anilines is 3. The first-order chi connectivity index (χ1) is 12.9. The lowest BCUT2D eigenvalue weighted by atomic mass is 10.1. The van der Waals surface area contributed by atoms with Crippen LogP contribution in [0.25, 0.3) is 0 Å². The summed E-state index contributed by atoms with van der Waals surface area (Å²) in [5.74, 6) is -0.0511. The first kappa shape index (κ1) is 19.4. The minimum atomic E-state index is -0.271. The topological polar surface area (TPSA) is 66.9 Å². The van der Waals surface area contributed by atoms with Crippen molar-refractivity contribution in [3.05, 3.63) is 59.2 Å². The van der Waals surface area contributed by atoms with Crippen molar-refractivity contribution in [2.24, 2.45) is 0 Å². The third-order valence-electron chi connectivity index (χ3n) is 4.19. The molecule has 0 unspecified atom stereocenters. The second kappa shape index (κ2) is 8.54. The molecule has 3 aromatic rings. The average molecular weight is 399 g/mol. The summed E-state index contributed by atoms with van der Waals surface area (Å²) in [5, 5.41) is 15.1. The average Bonchev–Trinajstić information content (AvgIpc) is 3.06. The highest BCUT2D eigenvalue weighted by molar-refractivity contribution is 8.02. The van der Waals surface area contributed by atoms with Crippen molar-refractivity contribution in [3.63, 3.8) is 0 Å². The van der Waals surface area contributed by atoms with Gasteiger partial charge >= 0.3 is 0 Å². The molecule has 27 heavy (non-hydrogen) atoms. The molecule has 0 radical (unpaired) electrons. The van der Waals surface area contributed by atoms with Gasteiger partial charge < -0.3 is 10.6 Å². The fourth-order valence-electron chi connectivity index (χ4n) is 2.48. The van der Waals surface area contributed by atoms with E-state index in [0.29, 0.717) is 0 Å². The maximum absolute atomic E-state index is 12.4. The summed E-state index contributed by atoms with van der Waals surface area (Å²) in [6, 6.07) is 13.9. The Balaban J connectivity index is 1.61. The molecule has 1 atom stereocenters. The Labute approximate surface area is 167 Å². The molecule has 2 N–H and O–H groups in total. The van der Waals surface area contributed by atoms with Gasteiger partial charge in [0, 0.05) is 11.4 Å². The van der Waals surface area contributed by atoms with Crippen LogP contribution in [-0.2, 0) is 4.79 Å². The zero-order chi connectivity index (χ0) is 19.4. The number of amides is 1. The first-order valence-electron chi connectivity index (χ1n) is 8.63. The Hall–Kier alpha value is -2.38. The number of rotatable bonds is 6. The van der Waals surface area contributed by atoms with Crippen LogP contribution in [0.5, 0.6) is 0 Å². The first-order valence-corrected chi connectivity index (χ1v) is 10.3. The number of benzene rings is 2. The highest BCUT2D eigenvalue weighted by Crippen LogP contribution is 2.32. The van der Waals surface area contributed by atoms with E-state index in [1.54, 1.807) is 0 Å². The zero-order valence-corrected chi connectivity index (χ0v) is 17.4. The molecule has 140 valence electrons. The molecule has 1 heterocycles. The molecule has 3 rings (SSSR count). The van der Waals surface area contributed by atoms with Gasteiger partial charge in [0.05, 0.1) is 5.25 Å². The lowest BCUT2D eigenvalue weighted by Crippen LogP contribution is -2.22. The number of nitrogens with one attached hydrogen (secondary N) is 2. The molecule has 1 amide bonds. The van der Waals surface area contributed by atoms with E-state index in [4.69, 9.17) is 0 Å². The number of aromatic nitrogens is 2. The van der Waals surface area contributed by atoms with E-state index in [1.807, 2.05) is 50.2 Å². The molecule has 0 saturated heterocycles. The van der Waals surface area contributed by atoms with Gasteiger partial charge in [-0.15, -0.1) is 10.2 Å². The summed E-state index contributed by atoms with van der Waals surface area (Å²) in [6.07, 6.45) is 0. The molecule has 0 aliphatic heterocycles. The highest BCUT2D eigenvalue weighted by Gasteiger charge is 2.17. The van der Waals surface area contributed by atoms with Gasteiger partial charge in [-0.05, 0) is 62.6 Å². The molecule has 7 heteroatoms. The second-order valence-corrected chi connectivity index (χ2v) is 8.93. The Morgan fingerprint density at radius 3 is 2.67 bits per heavy atom. The third-order valence-corrected chi connectivity index (χ3v) is 6.21. The lowest BCUT2D eigenvalue weighted by molar-refractivity contribution is -0.115. The molecular formula is C20H22N4OS2. The predicted molar refractivity (Wildman–Crippen MR) is 114 cm³/mol. The summed E-state index contributed by atoms with van der Waals surface area (Å²) in [4.78, 5) is 12.4. The van der Waals surface area contributed by atoms with Crippen molar-refractivity contribution < 1.29 is 4.79 Å². The molecule has 0 bridgehead atoms. The van der Waals surface area contributed by atoms with Gasteiger partial charge in [-0.3, -0.25) is 4.79 Å². The number of carbonyl (C=O) groups excluding carboxylic acids is 1. The second-order valence-electron chi connectivity index (χ2n) is 6.36. The van der Waals surface area contributed by atoms with Gasteiger partial charge in [0.2, 0.25) is 11.0 Å². The normalized spacial score (nSPS) is 11.9. The van der Waals surface area contributed by atoms with Crippen molar-refractivity contribution in [1.82, 2.24) is 10.2 Å². The van der Waals surface area contributed by atoms with Gasteiger partial charge in [0.25, 0.3) is 0 Å². The van der Waals surface area contributed by atoms with Crippen LogP contribution in [0.15, 0.2) is 46.8 Å². The highest BCUT2D eigenvalue weighted by atomic mass is 32.2. The third kappa shape index (κ3) is 5.08. The number of hydrogen-bond donors (Lipinski definition) is 2. The van der Waals surface area contributed by atoms with Crippen molar-refractivity contribution in [2.75, 3.05) is 10.6 Å². The van der Waals surface area contributed by atoms with Crippen molar-refractivity contribution in [1.29, 1.82) is 0 Å². The fourth-order valence-corrected chi connectivity index (χ4v) is 4.39. The summed E-state index contributed by atoms with van der Waals surface area (Å²) >= 11 is 2.85. The van der Waals surface area contributed by atoms with Gasteiger partial charge in [-0.2, -0.15) is 0 Å². The number of carbonyl (C=O) groups is 1. The van der Waals surface area contributed by atoms with Crippen LogP contribution in [-0.4, -0.2) is 21.4 Å². The minimum Gasteiger partial charge on any atom is -0.330 e. The smallest absolute Gasteiger partial charge is 0.237 e. The van der Waals surface area contributed by atoms with Crippen molar-refractivity contribution in [2.45, 2.75) is 37.3 Å². The summed E-state index contributed by atoms with van der Waals surface area (Å²) in [6.45, 7) is 8.02. The van der Waals surface area contributed by atoms with Crippen LogP contribution in [0, 0.1) is 20.8 Å². The number of hydrogen-bond acceptors (Lipinski definition) is 6.